The standard InChI is InChI=1S/C24H33NO2/c1-5-6-9-18(2)19(3)17-25-15-8-7-13-24(25)14-12-20-16-21(27-4)10-11-22(20)23(24)26/h5-6,9-11,16,19H,7-8,12-15,17H2,1-4H3/b6-5-,18-9+. The SMILES string of the molecule is C/C=C\C=C(/C)C(C)CN1CCCCC12CCc1cc(OC)ccc1C2=O. The van der Waals surface area contributed by atoms with Gasteiger partial charge < -0.3 is 4.74 Å². The predicted molar refractivity (Wildman–Crippen MR) is 112 cm³/mol. The van der Waals surface area contributed by atoms with E-state index in [0.717, 1.165) is 55.6 Å². The summed E-state index contributed by atoms with van der Waals surface area (Å²) in [6.07, 6.45) is 11.6. The predicted octanol–water partition coefficient (Wildman–Crippen LogP) is 5.21. The summed E-state index contributed by atoms with van der Waals surface area (Å²) in [7, 11) is 1.68. The van der Waals surface area contributed by atoms with E-state index in [-0.39, 0.29) is 5.54 Å². The van der Waals surface area contributed by atoms with Crippen LogP contribution >= 0.6 is 0 Å². The Morgan fingerprint density at radius 3 is 2.89 bits per heavy atom. The molecule has 0 radical (unpaired) electrons. The number of hydrogen-bond acceptors (Lipinski definition) is 3. The molecule has 1 aliphatic heterocycles. The van der Waals surface area contributed by atoms with Crippen molar-refractivity contribution in [1.29, 1.82) is 0 Å². The Balaban J connectivity index is 1.86. The first kappa shape index (κ1) is 19.9. The number of ether oxygens (including phenoxy) is 1. The summed E-state index contributed by atoms with van der Waals surface area (Å²) in [4.78, 5) is 16.1. The number of rotatable bonds is 5. The Labute approximate surface area is 164 Å². The van der Waals surface area contributed by atoms with Crippen molar-refractivity contribution in [3.63, 3.8) is 0 Å². The van der Waals surface area contributed by atoms with Crippen LogP contribution in [0.4, 0.5) is 0 Å². The molecule has 0 saturated carbocycles. The smallest absolute Gasteiger partial charge is 0.183 e. The number of likely N-dealkylation sites (tertiary alicyclic amines) is 1. The largest absolute Gasteiger partial charge is 0.497 e. The number of methoxy groups -OCH3 is 1. The number of aryl methyl sites for hydroxylation is 1. The van der Waals surface area contributed by atoms with Gasteiger partial charge in [-0.15, -0.1) is 0 Å². The van der Waals surface area contributed by atoms with Crippen molar-refractivity contribution < 1.29 is 9.53 Å². The Morgan fingerprint density at radius 2 is 2.15 bits per heavy atom. The third kappa shape index (κ3) is 3.89. The van der Waals surface area contributed by atoms with Crippen LogP contribution in [0.3, 0.4) is 0 Å². The van der Waals surface area contributed by atoms with Crippen molar-refractivity contribution in [2.45, 2.75) is 58.4 Å². The Morgan fingerprint density at radius 1 is 1.33 bits per heavy atom. The second-order valence-corrected chi connectivity index (χ2v) is 8.12. The molecule has 3 rings (SSSR count). The number of benzene rings is 1. The molecule has 2 unspecified atom stereocenters. The summed E-state index contributed by atoms with van der Waals surface area (Å²) >= 11 is 0. The van der Waals surface area contributed by atoms with Crippen LogP contribution in [0.25, 0.3) is 0 Å². The van der Waals surface area contributed by atoms with E-state index in [4.69, 9.17) is 4.74 Å². The quantitative estimate of drug-likeness (QED) is 0.669. The van der Waals surface area contributed by atoms with Crippen molar-refractivity contribution in [1.82, 2.24) is 4.90 Å². The maximum atomic E-state index is 13.6. The molecule has 0 amide bonds. The average Bonchev–Trinajstić information content (AvgIpc) is 2.70. The molecule has 1 fully saturated rings. The fourth-order valence-corrected chi connectivity index (χ4v) is 4.62. The van der Waals surface area contributed by atoms with Gasteiger partial charge in [-0.25, -0.2) is 0 Å². The highest BCUT2D eigenvalue weighted by atomic mass is 16.5. The fraction of sp³-hybridized carbons (Fsp3) is 0.542. The molecule has 0 bridgehead atoms. The number of fused-ring (bicyclic) bond motifs is 1. The van der Waals surface area contributed by atoms with Gasteiger partial charge >= 0.3 is 0 Å². The topological polar surface area (TPSA) is 29.5 Å². The van der Waals surface area contributed by atoms with E-state index >= 15 is 0 Å². The van der Waals surface area contributed by atoms with Gasteiger partial charge in [0.15, 0.2) is 5.78 Å². The second kappa shape index (κ2) is 8.43. The van der Waals surface area contributed by atoms with E-state index < -0.39 is 0 Å². The van der Waals surface area contributed by atoms with Crippen LogP contribution in [-0.4, -0.2) is 36.4 Å². The van der Waals surface area contributed by atoms with Gasteiger partial charge in [-0.05, 0) is 82.2 Å². The van der Waals surface area contributed by atoms with Crippen LogP contribution < -0.4 is 4.74 Å². The molecule has 1 saturated heterocycles. The van der Waals surface area contributed by atoms with E-state index in [1.54, 1.807) is 7.11 Å². The van der Waals surface area contributed by atoms with Gasteiger partial charge in [-0.1, -0.05) is 30.7 Å². The second-order valence-electron chi connectivity index (χ2n) is 8.12. The zero-order valence-electron chi connectivity index (χ0n) is 17.3. The molecule has 0 N–H and O–H groups in total. The van der Waals surface area contributed by atoms with Crippen molar-refractivity contribution in [2.75, 3.05) is 20.2 Å². The molecule has 1 aliphatic carbocycles. The molecular formula is C24H33NO2. The average molecular weight is 368 g/mol. The van der Waals surface area contributed by atoms with Crippen LogP contribution in [-0.2, 0) is 6.42 Å². The van der Waals surface area contributed by atoms with E-state index in [0.29, 0.717) is 11.7 Å². The van der Waals surface area contributed by atoms with Crippen LogP contribution in [0.15, 0.2) is 42.0 Å². The van der Waals surface area contributed by atoms with Crippen molar-refractivity contribution >= 4 is 5.78 Å². The van der Waals surface area contributed by atoms with E-state index in [9.17, 15) is 4.79 Å². The van der Waals surface area contributed by atoms with Crippen molar-refractivity contribution in [2.24, 2.45) is 5.92 Å². The zero-order valence-corrected chi connectivity index (χ0v) is 17.3. The minimum absolute atomic E-state index is 0.311. The molecule has 1 aromatic carbocycles. The van der Waals surface area contributed by atoms with Crippen molar-refractivity contribution in [3.05, 3.63) is 53.1 Å². The molecule has 3 nitrogen and oxygen atoms in total. The van der Waals surface area contributed by atoms with Gasteiger partial charge in [0, 0.05) is 12.1 Å². The number of nitrogens with zero attached hydrogens (tertiary/aromatic N) is 1. The molecule has 2 aliphatic rings. The molecule has 2 atom stereocenters. The monoisotopic (exact) mass is 367 g/mol. The third-order valence-electron chi connectivity index (χ3n) is 6.48. The molecule has 1 aromatic rings. The lowest BCUT2D eigenvalue weighted by Gasteiger charge is -2.49. The summed E-state index contributed by atoms with van der Waals surface area (Å²) in [6.45, 7) is 8.51. The Hall–Kier alpha value is -1.87. The number of hydrogen-bond donors (Lipinski definition) is 0. The summed E-state index contributed by atoms with van der Waals surface area (Å²) < 4.78 is 5.35. The van der Waals surface area contributed by atoms with E-state index in [1.165, 1.54) is 12.0 Å². The summed E-state index contributed by atoms with van der Waals surface area (Å²) in [5.41, 5.74) is 3.12. The Bertz CT molecular complexity index is 749. The normalized spacial score (nSPS) is 25.0. The van der Waals surface area contributed by atoms with Crippen molar-refractivity contribution in [3.8, 4) is 5.75 Å². The van der Waals surface area contributed by atoms with Crippen LogP contribution in [0.5, 0.6) is 5.75 Å². The number of piperidine rings is 1. The first-order chi connectivity index (χ1) is 13.0. The Kier molecular flexibility index (Phi) is 6.21. The van der Waals surface area contributed by atoms with Gasteiger partial charge in [0.25, 0.3) is 0 Å². The van der Waals surface area contributed by atoms with Crippen LogP contribution in [0.1, 0.15) is 62.4 Å². The molecule has 27 heavy (non-hydrogen) atoms. The lowest BCUT2D eigenvalue weighted by molar-refractivity contribution is 0.0249. The highest BCUT2D eigenvalue weighted by Crippen LogP contribution is 2.41. The van der Waals surface area contributed by atoms with E-state index in [1.807, 2.05) is 25.1 Å². The molecule has 0 aromatic heterocycles. The van der Waals surface area contributed by atoms with Crippen LogP contribution in [0.2, 0.25) is 0 Å². The van der Waals surface area contributed by atoms with Crippen LogP contribution in [0, 0.1) is 5.92 Å². The number of Topliss-reactive ketones (excluding diaryl/α,β-unsaturated/α-hetero) is 1. The first-order valence-electron chi connectivity index (χ1n) is 10.3. The molecule has 146 valence electrons. The number of carbonyl (C=O) groups excluding carboxylic acids is 1. The fourth-order valence-electron chi connectivity index (χ4n) is 4.62. The molecule has 1 heterocycles. The highest BCUT2D eigenvalue weighted by Gasteiger charge is 2.48. The maximum Gasteiger partial charge on any atom is 0.183 e. The maximum absolute atomic E-state index is 13.6. The minimum atomic E-state index is -0.311. The van der Waals surface area contributed by atoms with Gasteiger partial charge in [0.1, 0.15) is 5.75 Å². The van der Waals surface area contributed by atoms with E-state index in [2.05, 4.69) is 37.0 Å². The minimum Gasteiger partial charge on any atom is -0.497 e. The molecular weight excluding hydrogens is 334 g/mol. The first-order valence-corrected chi connectivity index (χ1v) is 10.3. The van der Waals surface area contributed by atoms with Gasteiger partial charge in [0.05, 0.1) is 12.6 Å². The lowest BCUT2D eigenvalue weighted by Crippen LogP contribution is -2.60. The summed E-state index contributed by atoms with van der Waals surface area (Å²) in [6, 6.07) is 5.94. The number of ketones is 1. The lowest BCUT2D eigenvalue weighted by atomic mass is 9.71. The highest BCUT2D eigenvalue weighted by molar-refractivity contribution is 6.05. The summed E-state index contributed by atoms with van der Waals surface area (Å²) in [5.74, 6) is 1.62. The molecule has 3 heteroatoms. The number of allylic oxidation sites excluding steroid dienone is 3. The number of carbonyl (C=O) groups is 1. The van der Waals surface area contributed by atoms with Gasteiger partial charge in [-0.3, -0.25) is 9.69 Å². The van der Waals surface area contributed by atoms with Gasteiger partial charge in [0.2, 0.25) is 0 Å². The molecule has 1 spiro atoms. The van der Waals surface area contributed by atoms with Gasteiger partial charge in [-0.2, -0.15) is 0 Å². The summed E-state index contributed by atoms with van der Waals surface area (Å²) in [5, 5.41) is 0. The third-order valence-corrected chi connectivity index (χ3v) is 6.48. The zero-order chi connectivity index (χ0) is 19.4.